The number of ketones is 1. The molecular weight excluding hydrogens is 307 g/mol. The first kappa shape index (κ1) is 16.3. The van der Waals surface area contributed by atoms with Gasteiger partial charge in [-0.2, -0.15) is 0 Å². The van der Waals surface area contributed by atoms with Gasteiger partial charge >= 0.3 is 5.97 Å². The quantitative estimate of drug-likeness (QED) is 0.482. The third-order valence-electron chi connectivity index (χ3n) is 2.99. The molecule has 0 saturated heterocycles. The number of aliphatic hydroxyl groups is 1. The molecule has 0 fully saturated rings. The van der Waals surface area contributed by atoms with Crippen molar-refractivity contribution in [1.82, 2.24) is 0 Å². The van der Waals surface area contributed by atoms with Crippen molar-refractivity contribution in [1.29, 1.82) is 0 Å². The van der Waals surface area contributed by atoms with Crippen LogP contribution in [0.15, 0.2) is 46.6 Å². The Hall–Kier alpha value is -3.09. The standard InChI is InChI=1S/C16H13FO6/c1-22-15-7-9(2-4-11(15)17)6-10-3-5-14(23-10)12(18)8-13(19)16(20)21/h2-5,7-8,19H,6H2,1H3,(H,20,21). The summed E-state index contributed by atoms with van der Waals surface area (Å²) in [5, 5.41) is 17.5. The van der Waals surface area contributed by atoms with E-state index in [1.165, 1.54) is 31.4 Å². The maximum atomic E-state index is 13.3. The molecule has 0 aliphatic rings. The summed E-state index contributed by atoms with van der Waals surface area (Å²) >= 11 is 0. The fourth-order valence-electron chi connectivity index (χ4n) is 1.88. The topological polar surface area (TPSA) is 97.0 Å². The normalized spacial score (nSPS) is 11.3. The Morgan fingerprint density at radius 3 is 2.65 bits per heavy atom. The molecule has 1 aromatic carbocycles. The molecule has 7 heteroatoms. The van der Waals surface area contributed by atoms with Crippen LogP contribution in [-0.4, -0.2) is 29.1 Å². The molecule has 0 spiro atoms. The van der Waals surface area contributed by atoms with E-state index in [9.17, 15) is 14.0 Å². The molecule has 120 valence electrons. The van der Waals surface area contributed by atoms with Crippen molar-refractivity contribution in [2.75, 3.05) is 7.11 Å². The summed E-state index contributed by atoms with van der Waals surface area (Å²) < 4.78 is 23.5. The van der Waals surface area contributed by atoms with E-state index in [4.69, 9.17) is 19.4 Å². The van der Waals surface area contributed by atoms with Crippen LogP contribution < -0.4 is 4.74 Å². The molecule has 2 rings (SSSR count). The van der Waals surface area contributed by atoms with Gasteiger partial charge in [-0.25, -0.2) is 9.18 Å². The van der Waals surface area contributed by atoms with E-state index in [1.807, 2.05) is 0 Å². The summed E-state index contributed by atoms with van der Waals surface area (Å²) in [4.78, 5) is 22.2. The van der Waals surface area contributed by atoms with E-state index >= 15 is 0 Å². The minimum absolute atomic E-state index is 0.0969. The van der Waals surface area contributed by atoms with Crippen molar-refractivity contribution in [2.24, 2.45) is 0 Å². The lowest BCUT2D eigenvalue weighted by Crippen LogP contribution is -2.03. The van der Waals surface area contributed by atoms with E-state index in [0.29, 0.717) is 23.8 Å². The van der Waals surface area contributed by atoms with Crippen LogP contribution in [0.5, 0.6) is 5.75 Å². The molecule has 1 heterocycles. The number of carbonyl (C=O) groups is 2. The number of aliphatic carboxylic acids is 1. The SMILES string of the molecule is COc1cc(Cc2ccc(C(=O)C=C(O)C(=O)O)o2)ccc1F. The number of benzene rings is 1. The Bertz CT molecular complexity index is 775. The number of furan rings is 1. The van der Waals surface area contributed by atoms with Crippen LogP contribution >= 0.6 is 0 Å². The number of ether oxygens (including phenoxy) is 1. The third-order valence-corrected chi connectivity index (χ3v) is 2.99. The Labute approximate surface area is 130 Å². The average Bonchev–Trinajstić information content (AvgIpc) is 2.97. The molecule has 23 heavy (non-hydrogen) atoms. The predicted octanol–water partition coefficient (Wildman–Crippen LogP) is 2.73. The molecule has 0 saturated carbocycles. The van der Waals surface area contributed by atoms with Gasteiger partial charge in [0.1, 0.15) is 5.76 Å². The van der Waals surface area contributed by atoms with E-state index < -0.39 is 23.3 Å². The first-order chi connectivity index (χ1) is 10.9. The monoisotopic (exact) mass is 320 g/mol. The van der Waals surface area contributed by atoms with Gasteiger partial charge in [-0.3, -0.25) is 4.79 Å². The number of carboxylic acid groups (broad SMARTS) is 1. The number of carboxylic acids is 1. The van der Waals surface area contributed by atoms with E-state index in [1.54, 1.807) is 6.07 Å². The summed E-state index contributed by atoms with van der Waals surface area (Å²) in [5.41, 5.74) is 0.709. The number of rotatable bonds is 6. The van der Waals surface area contributed by atoms with Crippen molar-refractivity contribution in [3.63, 3.8) is 0 Å². The molecule has 0 radical (unpaired) electrons. The lowest BCUT2D eigenvalue weighted by Gasteiger charge is -2.04. The number of allylic oxidation sites excluding steroid dienone is 1. The van der Waals surface area contributed by atoms with Gasteiger partial charge in [0, 0.05) is 12.5 Å². The molecule has 2 aromatic rings. The van der Waals surface area contributed by atoms with Crippen LogP contribution in [0.3, 0.4) is 0 Å². The van der Waals surface area contributed by atoms with Crippen molar-refractivity contribution >= 4 is 11.8 Å². The highest BCUT2D eigenvalue weighted by Crippen LogP contribution is 2.21. The van der Waals surface area contributed by atoms with E-state index in [-0.39, 0.29) is 11.5 Å². The molecule has 2 N–H and O–H groups in total. The van der Waals surface area contributed by atoms with Gasteiger partial charge < -0.3 is 19.4 Å². The fraction of sp³-hybridized carbons (Fsp3) is 0.125. The zero-order valence-corrected chi connectivity index (χ0v) is 12.1. The summed E-state index contributed by atoms with van der Waals surface area (Å²) in [6.07, 6.45) is 0.852. The first-order valence-corrected chi connectivity index (χ1v) is 6.50. The van der Waals surface area contributed by atoms with Crippen LogP contribution in [0.2, 0.25) is 0 Å². The summed E-state index contributed by atoms with van der Waals surface area (Å²) in [5.74, 6) is -3.53. The highest BCUT2D eigenvalue weighted by atomic mass is 19.1. The number of methoxy groups -OCH3 is 1. The lowest BCUT2D eigenvalue weighted by molar-refractivity contribution is -0.135. The molecular formula is C16H13FO6. The summed E-state index contributed by atoms with van der Waals surface area (Å²) in [6, 6.07) is 7.23. The minimum Gasteiger partial charge on any atom is -0.502 e. The summed E-state index contributed by atoms with van der Waals surface area (Å²) in [7, 11) is 1.35. The zero-order chi connectivity index (χ0) is 17.0. The highest BCUT2D eigenvalue weighted by Gasteiger charge is 2.14. The van der Waals surface area contributed by atoms with Gasteiger partial charge in [0.2, 0.25) is 11.5 Å². The van der Waals surface area contributed by atoms with Gasteiger partial charge in [0.05, 0.1) is 7.11 Å². The number of hydrogen-bond acceptors (Lipinski definition) is 5. The molecule has 1 aromatic heterocycles. The lowest BCUT2D eigenvalue weighted by atomic mass is 10.1. The van der Waals surface area contributed by atoms with Crippen LogP contribution in [0.1, 0.15) is 21.9 Å². The maximum absolute atomic E-state index is 13.3. The maximum Gasteiger partial charge on any atom is 0.371 e. The average molecular weight is 320 g/mol. The first-order valence-electron chi connectivity index (χ1n) is 6.50. The third kappa shape index (κ3) is 3.97. The molecule has 0 atom stereocenters. The van der Waals surface area contributed by atoms with Gasteiger partial charge in [0.25, 0.3) is 0 Å². The fourth-order valence-corrected chi connectivity index (χ4v) is 1.88. The molecule has 6 nitrogen and oxygen atoms in total. The van der Waals surface area contributed by atoms with E-state index in [2.05, 4.69) is 0 Å². The Morgan fingerprint density at radius 1 is 1.26 bits per heavy atom. The largest absolute Gasteiger partial charge is 0.502 e. The molecule has 0 unspecified atom stereocenters. The molecule has 0 aliphatic carbocycles. The number of carbonyl (C=O) groups excluding carboxylic acids is 1. The smallest absolute Gasteiger partial charge is 0.371 e. The van der Waals surface area contributed by atoms with Crippen LogP contribution in [0, 0.1) is 5.82 Å². The molecule has 0 bridgehead atoms. The van der Waals surface area contributed by atoms with E-state index in [0.717, 1.165) is 0 Å². The van der Waals surface area contributed by atoms with Crippen LogP contribution in [-0.2, 0) is 11.2 Å². The molecule has 0 amide bonds. The van der Waals surface area contributed by atoms with Gasteiger partial charge in [-0.1, -0.05) is 6.07 Å². The Kier molecular flexibility index (Phi) is 4.80. The van der Waals surface area contributed by atoms with Gasteiger partial charge in [-0.05, 0) is 29.8 Å². The van der Waals surface area contributed by atoms with Gasteiger partial charge in [-0.15, -0.1) is 0 Å². The second-order valence-electron chi connectivity index (χ2n) is 4.61. The Balaban J connectivity index is 2.15. The second kappa shape index (κ2) is 6.78. The van der Waals surface area contributed by atoms with Crippen molar-refractivity contribution in [2.45, 2.75) is 6.42 Å². The van der Waals surface area contributed by atoms with Crippen molar-refractivity contribution < 1.29 is 33.3 Å². The minimum atomic E-state index is -1.61. The zero-order valence-electron chi connectivity index (χ0n) is 12.1. The predicted molar refractivity (Wildman–Crippen MR) is 77.1 cm³/mol. The van der Waals surface area contributed by atoms with Crippen molar-refractivity contribution in [3.05, 3.63) is 65.1 Å². The number of hydrogen-bond donors (Lipinski definition) is 2. The Morgan fingerprint density at radius 2 is 2.00 bits per heavy atom. The van der Waals surface area contributed by atoms with Crippen LogP contribution in [0.4, 0.5) is 4.39 Å². The molecule has 0 aliphatic heterocycles. The van der Waals surface area contributed by atoms with Crippen LogP contribution in [0.25, 0.3) is 0 Å². The highest BCUT2D eigenvalue weighted by molar-refractivity contribution is 6.06. The second-order valence-corrected chi connectivity index (χ2v) is 4.61. The summed E-state index contributed by atoms with van der Waals surface area (Å²) in [6.45, 7) is 0. The van der Waals surface area contributed by atoms with Gasteiger partial charge in [0.15, 0.2) is 17.3 Å². The number of halogens is 1. The number of aliphatic hydroxyl groups excluding tert-OH is 1. The van der Waals surface area contributed by atoms with Crippen molar-refractivity contribution in [3.8, 4) is 5.75 Å².